The van der Waals surface area contributed by atoms with Crippen LogP contribution in [0.3, 0.4) is 0 Å². The first-order valence-electron chi connectivity index (χ1n) is 13.9. The van der Waals surface area contributed by atoms with Crippen molar-refractivity contribution in [3.8, 4) is 11.5 Å². The van der Waals surface area contributed by atoms with Crippen LogP contribution in [0.4, 0.5) is 0 Å². The van der Waals surface area contributed by atoms with Gasteiger partial charge in [0.05, 0.1) is 23.8 Å². The number of piperidine rings is 1. The molecule has 2 aliphatic heterocycles. The van der Waals surface area contributed by atoms with E-state index in [4.69, 9.17) is 9.47 Å². The van der Waals surface area contributed by atoms with Gasteiger partial charge in [-0.25, -0.2) is 0 Å². The first kappa shape index (κ1) is 24.0. The van der Waals surface area contributed by atoms with Crippen LogP contribution >= 0.6 is 0 Å². The standard InChI is InChI=1S/C32H36N2O4/c1-33-16-15-31-27-21-10-14-25(37-3)29(27)38-30(31)28-22(19-32(31,36)26(33)18-21)17-23(34(28)2)11-13-24(35)12-9-20-7-5-4-6-8-20/h4-8,10,14,17,26,30,36H,9,11-13,15-16,18-19H2,1-3H3/t26-,30-,31-,32+/m0/s1. The minimum Gasteiger partial charge on any atom is -0.493 e. The summed E-state index contributed by atoms with van der Waals surface area (Å²) in [4.78, 5) is 15.1. The topological polar surface area (TPSA) is 63.9 Å². The van der Waals surface area contributed by atoms with Crippen LogP contribution in [-0.2, 0) is 42.9 Å². The van der Waals surface area contributed by atoms with E-state index in [1.165, 1.54) is 11.1 Å². The van der Waals surface area contributed by atoms with Crippen LogP contribution < -0.4 is 9.47 Å². The first-order valence-corrected chi connectivity index (χ1v) is 13.9. The monoisotopic (exact) mass is 512 g/mol. The zero-order valence-corrected chi connectivity index (χ0v) is 22.5. The van der Waals surface area contributed by atoms with Crippen LogP contribution in [0.15, 0.2) is 48.5 Å². The zero-order chi connectivity index (χ0) is 26.2. The van der Waals surface area contributed by atoms with Gasteiger partial charge in [-0.1, -0.05) is 36.4 Å². The first-order chi connectivity index (χ1) is 18.4. The molecule has 7 rings (SSSR count). The largest absolute Gasteiger partial charge is 0.493 e. The fourth-order valence-corrected chi connectivity index (χ4v) is 8.15. The molecule has 2 aliphatic carbocycles. The van der Waals surface area contributed by atoms with E-state index in [2.05, 4.69) is 47.8 Å². The number of ether oxygens (including phenoxy) is 2. The lowest BCUT2D eigenvalue weighted by Crippen LogP contribution is -2.73. The fourth-order valence-electron chi connectivity index (χ4n) is 8.15. The number of aliphatic hydroxyl groups is 1. The van der Waals surface area contributed by atoms with Gasteiger partial charge < -0.3 is 24.0 Å². The lowest BCUT2D eigenvalue weighted by molar-refractivity contribution is -0.168. The number of aryl methyl sites for hydroxylation is 2. The number of nitrogens with zero attached hydrogens (tertiary/aromatic N) is 2. The fraction of sp³-hybridized carbons (Fsp3) is 0.469. The summed E-state index contributed by atoms with van der Waals surface area (Å²) in [7, 11) is 5.93. The predicted molar refractivity (Wildman–Crippen MR) is 145 cm³/mol. The van der Waals surface area contributed by atoms with Gasteiger partial charge in [-0.05, 0) is 68.1 Å². The number of likely N-dealkylation sites (tertiary alicyclic amines) is 1. The van der Waals surface area contributed by atoms with Gasteiger partial charge in [-0.15, -0.1) is 0 Å². The lowest BCUT2D eigenvalue weighted by Gasteiger charge is -2.62. The Bertz CT molecular complexity index is 1430. The van der Waals surface area contributed by atoms with Crippen LogP contribution in [0.2, 0.25) is 0 Å². The molecule has 3 heterocycles. The minimum absolute atomic E-state index is 0.0329. The molecule has 3 aromatic rings. The van der Waals surface area contributed by atoms with E-state index in [0.717, 1.165) is 59.8 Å². The number of carbonyl (C=O) groups excluding carboxylic acids is 1. The van der Waals surface area contributed by atoms with Gasteiger partial charge in [0.15, 0.2) is 17.6 Å². The molecule has 198 valence electrons. The van der Waals surface area contributed by atoms with Crippen molar-refractivity contribution in [1.29, 1.82) is 0 Å². The van der Waals surface area contributed by atoms with Crippen molar-refractivity contribution in [3.63, 3.8) is 0 Å². The van der Waals surface area contributed by atoms with Crippen LogP contribution in [0.5, 0.6) is 11.5 Å². The number of rotatable bonds is 7. The third kappa shape index (κ3) is 3.10. The van der Waals surface area contributed by atoms with E-state index in [1.807, 2.05) is 24.3 Å². The zero-order valence-electron chi connectivity index (χ0n) is 22.5. The number of methoxy groups -OCH3 is 1. The number of benzene rings is 2. The summed E-state index contributed by atoms with van der Waals surface area (Å²) in [6, 6.07) is 16.6. The van der Waals surface area contributed by atoms with Gasteiger partial charge in [0.25, 0.3) is 0 Å². The van der Waals surface area contributed by atoms with Crippen molar-refractivity contribution >= 4 is 5.78 Å². The van der Waals surface area contributed by atoms with Crippen molar-refractivity contribution in [2.45, 2.75) is 68.1 Å². The van der Waals surface area contributed by atoms with E-state index in [1.54, 1.807) is 7.11 Å². The quantitative estimate of drug-likeness (QED) is 0.517. The molecule has 6 heteroatoms. The molecule has 1 fully saturated rings. The number of hydrogen-bond acceptors (Lipinski definition) is 5. The smallest absolute Gasteiger partial charge is 0.166 e. The molecule has 0 radical (unpaired) electrons. The maximum Gasteiger partial charge on any atom is 0.166 e. The molecule has 1 N–H and O–H groups in total. The molecule has 2 aromatic carbocycles. The Kier molecular flexibility index (Phi) is 5.34. The number of aromatic nitrogens is 1. The molecule has 1 aromatic heterocycles. The second kappa shape index (κ2) is 8.45. The van der Waals surface area contributed by atoms with Crippen molar-refractivity contribution in [2.24, 2.45) is 7.05 Å². The normalized spacial score (nSPS) is 28.4. The van der Waals surface area contributed by atoms with Gasteiger partial charge in [-0.3, -0.25) is 4.79 Å². The molecular formula is C32H36N2O4. The summed E-state index contributed by atoms with van der Waals surface area (Å²) in [6.07, 6.45) is 4.54. The molecule has 38 heavy (non-hydrogen) atoms. The molecule has 6 nitrogen and oxygen atoms in total. The van der Waals surface area contributed by atoms with Crippen LogP contribution in [0, 0.1) is 0 Å². The second-order valence-electron chi connectivity index (χ2n) is 11.8. The van der Waals surface area contributed by atoms with Gasteiger partial charge in [0.1, 0.15) is 5.78 Å². The van der Waals surface area contributed by atoms with E-state index in [0.29, 0.717) is 25.7 Å². The van der Waals surface area contributed by atoms with Gasteiger partial charge >= 0.3 is 0 Å². The van der Waals surface area contributed by atoms with Crippen molar-refractivity contribution in [2.75, 3.05) is 20.7 Å². The number of hydrogen-bond donors (Lipinski definition) is 1. The lowest BCUT2D eigenvalue weighted by atomic mass is 9.49. The molecule has 0 amide bonds. The number of carbonyl (C=O) groups is 1. The number of fused-ring (bicyclic) bond motifs is 2. The summed E-state index contributed by atoms with van der Waals surface area (Å²) in [5, 5.41) is 12.7. The van der Waals surface area contributed by atoms with Crippen molar-refractivity contribution < 1.29 is 19.4 Å². The molecular weight excluding hydrogens is 476 g/mol. The molecule has 1 saturated heterocycles. The summed E-state index contributed by atoms with van der Waals surface area (Å²) >= 11 is 0. The average molecular weight is 513 g/mol. The summed E-state index contributed by atoms with van der Waals surface area (Å²) in [5.74, 6) is 1.84. The molecule has 0 saturated carbocycles. The third-order valence-corrected chi connectivity index (χ3v) is 10.1. The summed E-state index contributed by atoms with van der Waals surface area (Å²) in [6.45, 7) is 0.922. The number of ketones is 1. The number of Topliss-reactive ketones (excluding diaryl/α,β-unsaturated/α-hetero) is 1. The van der Waals surface area contributed by atoms with E-state index < -0.39 is 11.0 Å². The van der Waals surface area contributed by atoms with Gasteiger partial charge in [-0.2, -0.15) is 0 Å². The average Bonchev–Trinajstić information content (AvgIpc) is 3.42. The maximum atomic E-state index is 12.8. The molecule has 4 aliphatic rings. The summed E-state index contributed by atoms with van der Waals surface area (Å²) in [5.41, 5.74) is 5.65. The minimum atomic E-state index is -0.924. The molecule has 2 bridgehead atoms. The Morgan fingerprint density at radius 3 is 2.68 bits per heavy atom. The Hall–Kier alpha value is -3.09. The SMILES string of the molecule is COc1ccc2c3c1O[C@H]1c4c(cc(CCC(=O)CCc5ccccc5)n4C)C[C@@]4(O)[C@H](C2)N(C)CC[C@]314. The van der Waals surface area contributed by atoms with E-state index in [-0.39, 0.29) is 17.9 Å². The van der Waals surface area contributed by atoms with Crippen LogP contribution in [-0.4, -0.2) is 52.7 Å². The molecule has 0 unspecified atom stereocenters. The Labute approximate surface area is 224 Å². The van der Waals surface area contributed by atoms with Crippen molar-refractivity contribution in [3.05, 3.63) is 82.2 Å². The van der Waals surface area contributed by atoms with E-state index >= 15 is 0 Å². The van der Waals surface area contributed by atoms with Gasteiger partial charge in [0, 0.05) is 43.6 Å². The Balaban J connectivity index is 1.23. The molecule has 4 atom stereocenters. The highest BCUT2D eigenvalue weighted by atomic mass is 16.5. The van der Waals surface area contributed by atoms with E-state index in [9.17, 15) is 9.90 Å². The summed E-state index contributed by atoms with van der Waals surface area (Å²) < 4.78 is 14.8. The highest BCUT2D eigenvalue weighted by Crippen LogP contribution is 2.68. The van der Waals surface area contributed by atoms with Crippen molar-refractivity contribution in [1.82, 2.24) is 9.47 Å². The Morgan fingerprint density at radius 1 is 1.11 bits per heavy atom. The predicted octanol–water partition coefficient (Wildman–Crippen LogP) is 4.09. The Morgan fingerprint density at radius 2 is 1.89 bits per heavy atom. The molecule has 1 spiro atoms. The third-order valence-electron chi connectivity index (χ3n) is 10.1. The maximum absolute atomic E-state index is 12.8. The second-order valence-corrected chi connectivity index (χ2v) is 11.8. The van der Waals surface area contributed by atoms with Crippen LogP contribution in [0.25, 0.3) is 0 Å². The highest BCUT2D eigenvalue weighted by molar-refractivity contribution is 5.78. The van der Waals surface area contributed by atoms with Gasteiger partial charge in [0.2, 0.25) is 0 Å². The number of likely N-dealkylation sites (N-methyl/N-ethyl adjacent to an activating group) is 1. The highest BCUT2D eigenvalue weighted by Gasteiger charge is 2.72. The van der Waals surface area contributed by atoms with Crippen LogP contribution in [0.1, 0.15) is 59.0 Å².